The number of hydrogen-bond acceptors (Lipinski definition) is 2. The van der Waals surface area contributed by atoms with Crippen molar-refractivity contribution in [2.75, 3.05) is 0 Å². The Labute approximate surface area is 55.4 Å². The first-order valence-corrected chi connectivity index (χ1v) is 3.77. The molecule has 0 aromatic carbocycles. The van der Waals surface area contributed by atoms with Gasteiger partial charge in [-0.05, 0) is 25.7 Å². The third-order valence-corrected chi connectivity index (χ3v) is 2.33. The van der Waals surface area contributed by atoms with Gasteiger partial charge in [0.1, 0.15) is 0 Å². The van der Waals surface area contributed by atoms with Gasteiger partial charge >= 0.3 is 0 Å². The van der Waals surface area contributed by atoms with Gasteiger partial charge in [-0.1, -0.05) is 0 Å². The number of ether oxygens (including phenoxy) is 1. The molecule has 0 bridgehead atoms. The molecule has 0 amide bonds. The Hall–Kier alpha value is -0.0800. The largest absolute Gasteiger partial charge is 0.370 e. The van der Waals surface area contributed by atoms with Crippen molar-refractivity contribution in [2.24, 2.45) is 5.73 Å². The van der Waals surface area contributed by atoms with Crippen LogP contribution in [0, 0.1) is 0 Å². The second kappa shape index (κ2) is 1.96. The van der Waals surface area contributed by atoms with E-state index in [1.54, 1.807) is 0 Å². The Bertz CT molecular complexity index is 99.5. The van der Waals surface area contributed by atoms with E-state index in [1.165, 1.54) is 25.7 Å². The molecule has 2 nitrogen and oxygen atoms in total. The summed E-state index contributed by atoms with van der Waals surface area (Å²) in [6, 6.07) is 0.460. The van der Waals surface area contributed by atoms with Crippen LogP contribution in [-0.2, 0) is 4.74 Å². The molecule has 9 heavy (non-hydrogen) atoms. The Morgan fingerprint density at radius 1 is 1.00 bits per heavy atom. The maximum Gasteiger partial charge on any atom is 0.0842 e. The van der Waals surface area contributed by atoms with Crippen molar-refractivity contribution in [2.45, 2.75) is 43.9 Å². The minimum Gasteiger partial charge on any atom is -0.370 e. The molecule has 1 aliphatic heterocycles. The van der Waals surface area contributed by atoms with Crippen molar-refractivity contribution in [3.8, 4) is 0 Å². The van der Waals surface area contributed by atoms with Gasteiger partial charge in [-0.3, -0.25) is 0 Å². The highest BCUT2D eigenvalue weighted by Crippen LogP contribution is 2.34. The molecule has 0 aromatic heterocycles. The summed E-state index contributed by atoms with van der Waals surface area (Å²) in [6.45, 7) is 0. The minimum absolute atomic E-state index is 0.460. The fourth-order valence-corrected chi connectivity index (χ4v) is 1.59. The van der Waals surface area contributed by atoms with E-state index in [0.29, 0.717) is 18.2 Å². The van der Waals surface area contributed by atoms with E-state index in [4.69, 9.17) is 10.5 Å². The highest BCUT2D eigenvalue weighted by molar-refractivity contribution is 4.89. The van der Waals surface area contributed by atoms with Crippen LogP contribution in [-0.4, -0.2) is 18.2 Å². The van der Waals surface area contributed by atoms with Crippen molar-refractivity contribution in [1.29, 1.82) is 0 Å². The molecule has 1 heterocycles. The third kappa shape index (κ3) is 1.10. The Morgan fingerprint density at radius 2 is 1.56 bits per heavy atom. The van der Waals surface area contributed by atoms with Crippen molar-refractivity contribution in [3.05, 3.63) is 0 Å². The molecule has 2 rings (SSSR count). The molecule has 0 aromatic rings. The van der Waals surface area contributed by atoms with Crippen LogP contribution in [0.15, 0.2) is 0 Å². The lowest BCUT2D eigenvalue weighted by atomic mass is 10.1. The van der Waals surface area contributed by atoms with Crippen LogP contribution in [0.2, 0.25) is 0 Å². The Balaban J connectivity index is 1.89. The van der Waals surface area contributed by atoms with Gasteiger partial charge < -0.3 is 10.5 Å². The van der Waals surface area contributed by atoms with Gasteiger partial charge in [0.25, 0.3) is 0 Å². The van der Waals surface area contributed by atoms with Crippen molar-refractivity contribution >= 4 is 0 Å². The fourth-order valence-electron chi connectivity index (χ4n) is 1.59. The summed E-state index contributed by atoms with van der Waals surface area (Å²) in [5.74, 6) is 0. The molecule has 52 valence electrons. The average molecular weight is 127 g/mol. The van der Waals surface area contributed by atoms with Gasteiger partial charge in [0.15, 0.2) is 0 Å². The van der Waals surface area contributed by atoms with Crippen LogP contribution < -0.4 is 5.73 Å². The normalized spacial score (nSPS) is 49.7. The molecule has 2 unspecified atom stereocenters. The Morgan fingerprint density at radius 3 is 2.11 bits per heavy atom. The van der Waals surface area contributed by atoms with E-state index in [2.05, 4.69) is 0 Å². The monoisotopic (exact) mass is 127 g/mol. The topological polar surface area (TPSA) is 38.5 Å². The number of hydrogen-bond donors (Lipinski definition) is 1. The standard InChI is InChI=1S/C7H13NO/c8-5-1-3-6-7(9-6)4-2-5/h5-7H,1-4,8H2. The molecule has 0 spiro atoms. The third-order valence-electron chi connectivity index (χ3n) is 2.33. The number of epoxide rings is 1. The van der Waals surface area contributed by atoms with E-state index in [1.807, 2.05) is 0 Å². The molecule has 2 fully saturated rings. The first kappa shape index (κ1) is 5.69. The summed E-state index contributed by atoms with van der Waals surface area (Å²) in [4.78, 5) is 0. The van der Waals surface area contributed by atoms with Crippen molar-refractivity contribution in [3.63, 3.8) is 0 Å². The first-order chi connectivity index (χ1) is 4.36. The molecule has 1 saturated heterocycles. The maximum atomic E-state index is 5.76. The quantitative estimate of drug-likeness (QED) is 0.485. The Kier molecular flexibility index (Phi) is 1.24. The maximum absolute atomic E-state index is 5.76. The second-order valence-electron chi connectivity index (χ2n) is 3.13. The van der Waals surface area contributed by atoms with Crippen LogP contribution in [0.1, 0.15) is 25.7 Å². The summed E-state index contributed by atoms with van der Waals surface area (Å²) in [6.07, 6.45) is 5.93. The van der Waals surface area contributed by atoms with E-state index in [9.17, 15) is 0 Å². The average Bonchev–Trinajstić information content (AvgIpc) is 2.54. The first-order valence-electron chi connectivity index (χ1n) is 3.77. The van der Waals surface area contributed by atoms with E-state index in [0.717, 1.165) is 0 Å². The highest BCUT2D eigenvalue weighted by atomic mass is 16.6. The summed E-state index contributed by atoms with van der Waals surface area (Å²) in [7, 11) is 0. The predicted octanol–water partition coefficient (Wildman–Crippen LogP) is 0.655. The van der Waals surface area contributed by atoms with Crippen LogP contribution in [0.4, 0.5) is 0 Å². The summed E-state index contributed by atoms with van der Waals surface area (Å²) >= 11 is 0. The lowest BCUT2D eigenvalue weighted by molar-refractivity contribution is 0.325. The lowest BCUT2D eigenvalue weighted by Gasteiger charge is -2.05. The van der Waals surface area contributed by atoms with Gasteiger partial charge in [-0.2, -0.15) is 0 Å². The molecular formula is C7H13NO. The van der Waals surface area contributed by atoms with E-state index in [-0.39, 0.29) is 0 Å². The van der Waals surface area contributed by atoms with Gasteiger partial charge in [0, 0.05) is 6.04 Å². The minimum atomic E-state index is 0.460. The molecule has 2 N–H and O–H groups in total. The van der Waals surface area contributed by atoms with Crippen LogP contribution in [0.25, 0.3) is 0 Å². The van der Waals surface area contributed by atoms with Crippen LogP contribution >= 0.6 is 0 Å². The molecule has 2 heteroatoms. The van der Waals surface area contributed by atoms with Crippen molar-refractivity contribution in [1.82, 2.24) is 0 Å². The SMILES string of the molecule is NC1CCC2OC2CC1. The zero-order valence-corrected chi connectivity index (χ0v) is 5.55. The molecular weight excluding hydrogens is 114 g/mol. The number of rotatable bonds is 0. The molecule has 0 radical (unpaired) electrons. The van der Waals surface area contributed by atoms with Gasteiger partial charge in [0.2, 0.25) is 0 Å². The second-order valence-corrected chi connectivity index (χ2v) is 3.13. The summed E-state index contributed by atoms with van der Waals surface area (Å²) < 4.78 is 5.35. The predicted molar refractivity (Wildman–Crippen MR) is 35.1 cm³/mol. The van der Waals surface area contributed by atoms with Gasteiger partial charge in [0.05, 0.1) is 12.2 Å². The summed E-state index contributed by atoms with van der Waals surface area (Å²) in [5, 5.41) is 0. The highest BCUT2D eigenvalue weighted by Gasteiger charge is 2.40. The zero-order valence-electron chi connectivity index (χ0n) is 5.55. The zero-order chi connectivity index (χ0) is 6.27. The fraction of sp³-hybridized carbons (Fsp3) is 1.00. The van der Waals surface area contributed by atoms with Gasteiger partial charge in [-0.25, -0.2) is 0 Å². The molecule has 2 atom stereocenters. The molecule has 2 aliphatic rings. The smallest absolute Gasteiger partial charge is 0.0842 e. The lowest BCUT2D eigenvalue weighted by Crippen LogP contribution is -2.18. The van der Waals surface area contributed by atoms with Crippen molar-refractivity contribution < 1.29 is 4.74 Å². The van der Waals surface area contributed by atoms with Crippen LogP contribution in [0.3, 0.4) is 0 Å². The number of fused-ring (bicyclic) bond motifs is 1. The molecule has 1 aliphatic carbocycles. The summed E-state index contributed by atoms with van der Waals surface area (Å²) in [5.41, 5.74) is 5.76. The van der Waals surface area contributed by atoms with Gasteiger partial charge in [-0.15, -0.1) is 0 Å². The van der Waals surface area contributed by atoms with E-state index < -0.39 is 0 Å². The van der Waals surface area contributed by atoms with Crippen LogP contribution in [0.5, 0.6) is 0 Å². The molecule has 1 saturated carbocycles. The van der Waals surface area contributed by atoms with E-state index >= 15 is 0 Å². The number of nitrogens with two attached hydrogens (primary N) is 1.